The molecule has 1 rings (SSSR count). The number of ether oxygens (including phenoxy) is 1. The van der Waals surface area contributed by atoms with Gasteiger partial charge in [0.05, 0.1) is 5.56 Å². The van der Waals surface area contributed by atoms with Crippen LogP contribution in [0.1, 0.15) is 53.5 Å². The second kappa shape index (κ2) is 17.0. The van der Waals surface area contributed by atoms with E-state index in [1.807, 2.05) is 46.8 Å². The molecule has 0 spiro atoms. The van der Waals surface area contributed by atoms with Crippen LogP contribution >= 0.6 is 0 Å². The molecule has 1 aromatic carbocycles. The molecule has 0 fully saturated rings. The highest BCUT2D eigenvalue weighted by Gasteiger charge is 2.25. The molecule has 1 amide bonds. The Hall–Kier alpha value is -3.61. The van der Waals surface area contributed by atoms with Crippen molar-refractivity contribution in [1.29, 1.82) is 0 Å². The number of allylic oxidation sites excluding steroid dienone is 5. The van der Waals surface area contributed by atoms with Crippen molar-refractivity contribution >= 4 is 28.9 Å². The van der Waals surface area contributed by atoms with E-state index in [1.54, 1.807) is 26.1 Å². The molecule has 0 aliphatic rings. The molecule has 182 valence electrons. The number of anilines is 1. The first-order chi connectivity index (χ1) is 15.4. The predicted molar refractivity (Wildman–Crippen MR) is 136 cm³/mol. The van der Waals surface area contributed by atoms with Crippen molar-refractivity contribution in [2.75, 3.05) is 19.0 Å². The zero-order chi connectivity index (χ0) is 26.1. The van der Waals surface area contributed by atoms with E-state index in [2.05, 4.69) is 18.5 Å². The molecule has 0 heterocycles. The third-order valence-corrected chi connectivity index (χ3v) is 4.37. The molecule has 0 aromatic heterocycles. The number of amides is 1. The Kier molecular flexibility index (Phi) is 16.3. The van der Waals surface area contributed by atoms with Gasteiger partial charge in [-0.1, -0.05) is 55.0 Å². The molecule has 7 nitrogen and oxygen atoms in total. The topological polar surface area (TPSA) is 119 Å². The molecule has 0 unspecified atom stereocenters. The summed E-state index contributed by atoms with van der Waals surface area (Å²) in [6.07, 6.45) is 4.52. The summed E-state index contributed by atoms with van der Waals surface area (Å²) in [4.78, 5) is 34.4. The Morgan fingerprint density at radius 2 is 1.61 bits per heavy atom. The number of nitrogens with one attached hydrogen (secondary N) is 1. The Bertz CT molecular complexity index is 895. The van der Waals surface area contributed by atoms with E-state index in [0.29, 0.717) is 23.2 Å². The SMILES string of the molecule is C/C=C\C.C=C(C)C(=C)C.CC/C(C)=C(\C(=O)C(N)=O)c1c(NC)cccc1OCC(=O)O. The number of Topliss-reactive ketones (excluding diaryl/α,β-unsaturated/α-hetero) is 1. The van der Waals surface area contributed by atoms with Crippen molar-refractivity contribution < 1.29 is 24.2 Å². The summed E-state index contributed by atoms with van der Waals surface area (Å²) in [5, 5.41) is 11.7. The quantitative estimate of drug-likeness (QED) is 0.204. The molecule has 0 bridgehead atoms. The Balaban J connectivity index is 0. The molecule has 4 N–H and O–H groups in total. The Labute approximate surface area is 197 Å². The number of carbonyl (C=O) groups excluding carboxylic acids is 2. The summed E-state index contributed by atoms with van der Waals surface area (Å²) in [5.74, 6) is -2.88. The molecule has 0 aliphatic heterocycles. The second-order valence-electron chi connectivity index (χ2n) is 7.04. The van der Waals surface area contributed by atoms with Crippen LogP contribution in [0.5, 0.6) is 5.75 Å². The maximum absolute atomic E-state index is 12.3. The number of carboxylic acids is 1. The van der Waals surface area contributed by atoms with Gasteiger partial charge in [0.15, 0.2) is 6.61 Å². The highest BCUT2D eigenvalue weighted by molar-refractivity contribution is 6.53. The zero-order valence-electron chi connectivity index (χ0n) is 20.9. The standard InChI is InChI=1S/C16H20N2O5.C6H10.C4H8/c1-4-9(2)13(15(21)16(17)22)14-10(18-3)6-5-7-11(14)23-8-12(19)20;1-5(2)6(3)4;1-3-4-2/h5-7,18H,4,8H2,1-3H3,(H2,17,22)(H,19,20);1,3H2,2,4H3;3-4H,1-2H3/b13-9-;;4-3-. The minimum atomic E-state index is -1.15. The van der Waals surface area contributed by atoms with Crippen LogP contribution in [0.2, 0.25) is 0 Å². The Morgan fingerprint density at radius 1 is 1.09 bits per heavy atom. The molecule has 33 heavy (non-hydrogen) atoms. The smallest absolute Gasteiger partial charge is 0.341 e. The average molecular weight is 459 g/mol. The number of carboxylic acid groups (broad SMARTS) is 1. The number of hydrogen-bond donors (Lipinski definition) is 3. The van der Waals surface area contributed by atoms with Crippen LogP contribution in [-0.4, -0.2) is 36.4 Å². The van der Waals surface area contributed by atoms with E-state index in [-0.39, 0.29) is 11.3 Å². The van der Waals surface area contributed by atoms with Crippen LogP contribution in [0.25, 0.3) is 5.57 Å². The van der Waals surface area contributed by atoms with Crippen molar-refractivity contribution in [3.63, 3.8) is 0 Å². The molecular formula is C26H38N2O5. The normalized spacial score (nSPS) is 10.5. The van der Waals surface area contributed by atoms with Crippen LogP contribution in [-0.2, 0) is 14.4 Å². The summed E-state index contributed by atoms with van der Waals surface area (Å²) in [5.41, 5.74) is 8.93. The minimum Gasteiger partial charge on any atom is -0.481 e. The number of rotatable bonds is 9. The highest BCUT2D eigenvalue weighted by atomic mass is 16.5. The lowest BCUT2D eigenvalue weighted by Crippen LogP contribution is -2.25. The predicted octanol–water partition coefficient (Wildman–Crippen LogP) is 5.15. The number of carbonyl (C=O) groups is 3. The van der Waals surface area contributed by atoms with Gasteiger partial charge in [0, 0.05) is 18.3 Å². The molecule has 0 radical (unpaired) electrons. The highest BCUT2D eigenvalue weighted by Crippen LogP contribution is 2.36. The molecule has 7 heteroatoms. The molecule has 1 aromatic rings. The van der Waals surface area contributed by atoms with Crippen LogP contribution in [0.4, 0.5) is 5.69 Å². The maximum atomic E-state index is 12.3. The largest absolute Gasteiger partial charge is 0.481 e. The number of hydrogen-bond acceptors (Lipinski definition) is 5. The molecule has 0 aliphatic carbocycles. The van der Waals surface area contributed by atoms with Gasteiger partial charge < -0.3 is 20.9 Å². The number of ketones is 1. The maximum Gasteiger partial charge on any atom is 0.341 e. The van der Waals surface area contributed by atoms with E-state index in [4.69, 9.17) is 15.6 Å². The summed E-state index contributed by atoms with van der Waals surface area (Å²) >= 11 is 0. The van der Waals surface area contributed by atoms with Gasteiger partial charge in [0.25, 0.3) is 11.7 Å². The van der Waals surface area contributed by atoms with Gasteiger partial charge in [-0.25, -0.2) is 4.79 Å². The van der Waals surface area contributed by atoms with Crippen molar-refractivity contribution in [3.8, 4) is 5.75 Å². The van der Waals surface area contributed by atoms with Gasteiger partial charge >= 0.3 is 5.97 Å². The van der Waals surface area contributed by atoms with E-state index >= 15 is 0 Å². The van der Waals surface area contributed by atoms with E-state index < -0.39 is 24.3 Å². The number of nitrogens with two attached hydrogens (primary N) is 1. The number of aliphatic carboxylic acids is 1. The first-order valence-electron chi connectivity index (χ1n) is 10.5. The van der Waals surface area contributed by atoms with Crippen LogP contribution < -0.4 is 15.8 Å². The van der Waals surface area contributed by atoms with Gasteiger partial charge in [0.1, 0.15) is 5.75 Å². The monoisotopic (exact) mass is 458 g/mol. The molecule has 0 saturated heterocycles. The summed E-state index contributed by atoms with van der Waals surface area (Å²) in [6.45, 7) is 18.2. The third kappa shape index (κ3) is 12.1. The average Bonchev–Trinajstić information content (AvgIpc) is 2.78. The van der Waals surface area contributed by atoms with Crippen LogP contribution in [0.15, 0.2) is 60.2 Å². The second-order valence-corrected chi connectivity index (χ2v) is 7.04. The van der Waals surface area contributed by atoms with Crippen molar-refractivity contribution in [1.82, 2.24) is 0 Å². The van der Waals surface area contributed by atoms with E-state index in [9.17, 15) is 14.4 Å². The fourth-order valence-corrected chi connectivity index (χ4v) is 2.08. The fourth-order valence-electron chi connectivity index (χ4n) is 2.08. The van der Waals surface area contributed by atoms with E-state index in [1.165, 1.54) is 6.07 Å². The van der Waals surface area contributed by atoms with Gasteiger partial charge in [-0.3, -0.25) is 9.59 Å². The Morgan fingerprint density at radius 3 is 1.94 bits per heavy atom. The molecule has 0 saturated carbocycles. The van der Waals surface area contributed by atoms with Crippen LogP contribution in [0.3, 0.4) is 0 Å². The van der Waals surface area contributed by atoms with Crippen LogP contribution in [0, 0.1) is 0 Å². The molecule has 0 atom stereocenters. The van der Waals surface area contributed by atoms with Crippen molar-refractivity contribution in [2.24, 2.45) is 5.73 Å². The lowest BCUT2D eigenvalue weighted by atomic mass is 9.93. The number of primary amides is 1. The fraction of sp³-hybridized carbons (Fsp3) is 0.346. The number of benzene rings is 1. The van der Waals surface area contributed by atoms with Gasteiger partial charge in [0.2, 0.25) is 0 Å². The summed E-state index contributed by atoms with van der Waals surface area (Å²) in [7, 11) is 1.65. The minimum absolute atomic E-state index is 0.130. The lowest BCUT2D eigenvalue weighted by molar-refractivity contribution is -0.139. The third-order valence-electron chi connectivity index (χ3n) is 4.37. The first-order valence-corrected chi connectivity index (χ1v) is 10.5. The first kappa shape index (κ1) is 31.6. The van der Waals surface area contributed by atoms with Gasteiger partial charge in [-0.15, -0.1) is 0 Å². The lowest BCUT2D eigenvalue weighted by Gasteiger charge is -2.18. The van der Waals surface area contributed by atoms with Crippen molar-refractivity contribution in [3.05, 3.63) is 65.8 Å². The van der Waals surface area contributed by atoms with E-state index in [0.717, 1.165) is 11.1 Å². The van der Waals surface area contributed by atoms with Gasteiger partial charge in [-0.2, -0.15) is 0 Å². The molecular weight excluding hydrogens is 420 g/mol. The van der Waals surface area contributed by atoms with Gasteiger partial charge in [-0.05, 0) is 53.2 Å². The van der Waals surface area contributed by atoms with Crippen molar-refractivity contribution in [2.45, 2.75) is 48.0 Å². The summed E-state index contributed by atoms with van der Waals surface area (Å²) < 4.78 is 5.27. The zero-order valence-corrected chi connectivity index (χ0v) is 20.9. The summed E-state index contributed by atoms with van der Waals surface area (Å²) in [6, 6.07) is 4.89.